The van der Waals surface area contributed by atoms with Crippen molar-refractivity contribution in [2.45, 2.75) is 198 Å². The number of aliphatic hydroxyl groups is 3. The van der Waals surface area contributed by atoms with E-state index in [0.717, 1.165) is 57.8 Å². The van der Waals surface area contributed by atoms with Gasteiger partial charge in [-0.2, -0.15) is 8.42 Å². The first-order chi connectivity index (χ1) is 24.5. The van der Waals surface area contributed by atoms with Crippen LogP contribution >= 0.6 is 0 Å². The van der Waals surface area contributed by atoms with Crippen LogP contribution in [0.3, 0.4) is 0 Å². The van der Waals surface area contributed by atoms with E-state index in [0.29, 0.717) is 12.8 Å². The fourth-order valence-electron chi connectivity index (χ4n) is 5.96. The Hall–Kier alpha value is -1.61. The van der Waals surface area contributed by atoms with Crippen LogP contribution in [0.15, 0.2) is 12.2 Å². The van der Waals surface area contributed by atoms with Gasteiger partial charge in [0.1, 0.15) is 36.8 Å². The summed E-state index contributed by atoms with van der Waals surface area (Å²) >= 11 is 0. The number of esters is 2. The fourth-order valence-corrected chi connectivity index (χ4v) is 6.65. The molecular weight excluding hydrogens is 680 g/mol. The van der Waals surface area contributed by atoms with E-state index >= 15 is 0 Å². The first-order valence-corrected chi connectivity index (χ1v) is 21.4. The average Bonchev–Trinajstić information content (AvgIpc) is 3.09. The number of hydrogen-bond acceptors (Lipinski definition) is 11. The van der Waals surface area contributed by atoms with Crippen molar-refractivity contribution in [3.05, 3.63) is 12.2 Å². The van der Waals surface area contributed by atoms with Crippen molar-refractivity contribution >= 4 is 22.1 Å². The second-order valence-corrected chi connectivity index (χ2v) is 15.4. The smallest absolute Gasteiger partial charge is 0.306 e. The van der Waals surface area contributed by atoms with Crippen molar-refractivity contribution in [3.8, 4) is 0 Å². The summed E-state index contributed by atoms with van der Waals surface area (Å²) in [6.45, 7) is 3.69. The van der Waals surface area contributed by atoms with Crippen LogP contribution in [0, 0.1) is 0 Å². The minimum Gasteiger partial charge on any atom is -0.462 e. The SMILES string of the molecule is CCCCC/C=C/CCCCCCCC(=O)O[C@H](COC(=O)CCCCCCCCCCCCC)CO[C@H]1O[C@H](CS(=O)(=O)O)[C@@H](O)C(O)C1O. The molecule has 0 saturated carbocycles. The van der Waals surface area contributed by atoms with Gasteiger partial charge in [0, 0.05) is 12.8 Å². The number of hydrogen-bond donors (Lipinski definition) is 4. The predicted octanol–water partition coefficient (Wildman–Crippen LogP) is 6.72. The number of unbranched alkanes of at least 4 members (excludes halogenated alkanes) is 18. The Morgan fingerprint density at radius 2 is 1.12 bits per heavy atom. The molecule has 13 heteroatoms. The molecule has 12 nitrogen and oxygen atoms in total. The molecule has 0 amide bonds. The van der Waals surface area contributed by atoms with Crippen LogP contribution < -0.4 is 0 Å². The lowest BCUT2D eigenvalue weighted by molar-refractivity contribution is -0.297. The highest BCUT2D eigenvalue weighted by Crippen LogP contribution is 2.24. The Bertz CT molecular complexity index is 1020. The van der Waals surface area contributed by atoms with Gasteiger partial charge in [0.25, 0.3) is 10.1 Å². The van der Waals surface area contributed by atoms with Crippen molar-refractivity contribution in [2.75, 3.05) is 19.0 Å². The molecule has 1 heterocycles. The fraction of sp³-hybridized carbons (Fsp3) is 0.895. The van der Waals surface area contributed by atoms with E-state index in [4.69, 9.17) is 18.9 Å². The number of aliphatic hydroxyl groups excluding tert-OH is 3. The maximum atomic E-state index is 12.7. The van der Waals surface area contributed by atoms with Crippen molar-refractivity contribution in [1.29, 1.82) is 0 Å². The zero-order valence-electron chi connectivity index (χ0n) is 31.5. The number of rotatable bonds is 32. The summed E-state index contributed by atoms with van der Waals surface area (Å²) in [4.78, 5) is 25.2. The van der Waals surface area contributed by atoms with E-state index in [1.807, 2.05) is 0 Å². The van der Waals surface area contributed by atoms with Crippen LogP contribution in [-0.4, -0.2) is 96.0 Å². The molecule has 0 spiro atoms. The van der Waals surface area contributed by atoms with E-state index in [-0.39, 0.29) is 19.4 Å². The van der Waals surface area contributed by atoms with E-state index in [2.05, 4.69) is 26.0 Å². The van der Waals surface area contributed by atoms with Crippen LogP contribution in [-0.2, 0) is 38.7 Å². The Balaban J connectivity index is 2.53. The summed E-state index contributed by atoms with van der Waals surface area (Å²) in [5, 5.41) is 30.7. The lowest BCUT2D eigenvalue weighted by Crippen LogP contribution is -2.60. The largest absolute Gasteiger partial charge is 0.462 e. The molecule has 1 saturated heterocycles. The van der Waals surface area contributed by atoms with Crippen LogP contribution in [0.5, 0.6) is 0 Å². The first-order valence-electron chi connectivity index (χ1n) is 19.7. The molecule has 4 N–H and O–H groups in total. The highest BCUT2D eigenvalue weighted by molar-refractivity contribution is 7.85. The summed E-state index contributed by atoms with van der Waals surface area (Å²) in [6.07, 6.45) is 18.4. The highest BCUT2D eigenvalue weighted by Gasteiger charge is 2.46. The Labute approximate surface area is 307 Å². The molecule has 0 aliphatic carbocycles. The summed E-state index contributed by atoms with van der Waals surface area (Å²) in [6, 6.07) is 0. The van der Waals surface area contributed by atoms with Gasteiger partial charge in [-0.05, 0) is 38.5 Å². The Kier molecular flexibility index (Phi) is 27.7. The van der Waals surface area contributed by atoms with E-state index in [9.17, 15) is 37.9 Å². The van der Waals surface area contributed by atoms with E-state index in [1.54, 1.807) is 0 Å². The normalized spacial score (nSPS) is 21.6. The third-order valence-electron chi connectivity index (χ3n) is 9.10. The minimum atomic E-state index is -4.59. The molecule has 0 aromatic carbocycles. The van der Waals surface area contributed by atoms with Gasteiger partial charge < -0.3 is 34.3 Å². The second kappa shape index (κ2) is 29.8. The molecule has 1 rings (SSSR count). The third kappa shape index (κ3) is 25.1. The highest BCUT2D eigenvalue weighted by atomic mass is 32.2. The van der Waals surface area contributed by atoms with Gasteiger partial charge in [-0.15, -0.1) is 0 Å². The molecule has 2 unspecified atom stereocenters. The quantitative estimate of drug-likeness (QED) is 0.0247. The van der Waals surface area contributed by atoms with Gasteiger partial charge in [0.05, 0.1) is 6.61 Å². The summed E-state index contributed by atoms with van der Waals surface area (Å²) < 4.78 is 53.8. The number of carbonyl (C=O) groups is 2. The lowest BCUT2D eigenvalue weighted by atomic mass is 10.00. The van der Waals surface area contributed by atoms with Crippen LogP contribution in [0.25, 0.3) is 0 Å². The van der Waals surface area contributed by atoms with Gasteiger partial charge in [0.2, 0.25) is 0 Å². The molecule has 1 aliphatic rings. The lowest BCUT2D eigenvalue weighted by Gasteiger charge is -2.40. The topological polar surface area (TPSA) is 186 Å². The van der Waals surface area contributed by atoms with Gasteiger partial charge in [0.15, 0.2) is 12.4 Å². The molecule has 51 heavy (non-hydrogen) atoms. The monoisotopic (exact) mass is 750 g/mol. The van der Waals surface area contributed by atoms with Gasteiger partial charge >= 0.3 is 11.9 Å². The molecule has 6 atom stereocenters. The number of allylic oxidation sites excluding steroid dienone is 2. The van der Waals surface area contributed by atoms with E-state index in [1.165, 1.54) is 64.2 Å². The van der Waals surface area contributed by atoms with Gasteiger partial charge in [-0.3, -0.25) is 14.1 Å². The van der Waals surface area contributed by atoms with Crippen LogP contribution in [0.2, 0.25) is 0 Å². The van der Waals surface area contributed by atoms with Crippen LogP contribution in [0.1, 0.15) is 162 Å². The molecule has 300 valence electrons. The summed E-state index contributed by atoms with van der Waals surface area (Å²) in [7, 11) is -4.59. The molecule has 1 aliphatic heterocycles. The molecular formula is C38H70O12S. The Morgan fingerprint density at radius 3 is 1.67 bits per heavy atom. The summed E-state index contributed by atoms with van der Waals surface area (Å²) in [5.41, 5.74) is 0. The maximum absolute atomic E-state index is 12.7. The van der Waals surface area contributed by atoms with Crippen molar-refractivity contribution in [2.24, 2.45) is 0 Å². The zero-order chi connectivity index (χ0) is 37.7. The minimum absolute atomic E-state index is 0.157. The second-order valence-electron chi connectivity index (χ2n) is 14.0. The van der Waals surface area contributed by atoms with Crippen molar-refractivity contribution < 1.29 is 56.8 Å². The number of ether oxygens (including phenoxy) is 4. The Morgan fingerprint density at radius 1 is 0.647 bits per heavy atom. The molecule has 1 fully saturated rings. The van der Waals surface area contributed by atoms with Gasteiger partial charge in [-0.25, -0.2) is 0 Å². The predicted molar refractivity (Wildman–Crippen MR) is 197 cm³/mol. The zero-order valence-corrected chi connectivity index (χ0v) is 32.3. The van der Waals surface area contributed by atoms with Crippen molar-refractivity contribution in [1.82, 2.24) is 0 Å². The molecule has 0 radical (unpaired) electrons. The third-order valence-corrected chi connectivity index (χ3v) is 9.85. The van der Waals surface area contributed by atoms with E-state index < -0.39 is 71.2 Å². The maximum Gasteiger partial charge on any atom is 0.306 e. The van der Waals surface area contributed by atoms with Crippen LogP contribution in [0.4, 0.5) is 0 Å². The van der Waals surface area contributed by atoms with Crippen molar-refractivity contribution in [3.63, 3.8) is 0 Å². The molecule has 0 bridgehead atoms. The first kappa shape index (κ1) is 47.4. The molecule has 0 aromatic heterocycles. The average molecular weight is 751 g/mol. The summed E-state index contributed by atoms with van der Waals surface area (Å²) in [5.74, 6) is -1.99. The standard InChI is InChI=1S/C38H70O12S/c1-3-5-7-9-11-13-15-17-19-21-23-25-27-34(40)49-31(28-47-33(39)26-24-22-20-18-16-14-12-10-8-6-4-2)29-48-38-37(43)36(42)35(41)32(50-38)30-51(44,45)46/h11,13,31-32,35-38,41-43H,3-10,12,14-30H2,1-2H3,(H,44,45,46)/b13-11+/t31-,32-,35-,36?,37?,38+/m1/s1. The van der Waals surface area contributed by atoms with Gasteiger partial charge in [-0.1, -0.05) is 122 Å². The number of carbonyl (C=O) groups excluding carboxylic acids is 2. The molecule has 0 aromatic rings.